The lowest BCUT2D eigenvalue weighted by Gasteiger charge is -2.44. The lowest BCUT2D eigenvalue weighted by molar-refractivity contribution is -0.139. The van der Waals surface area contributed by atoms with Gasteiger partial charge in [0.15, 0.2) is 0 Å². The molecular formula is C16H23NO2. The van der Waals surface area contributed by atoms with E-state index < -0.39 is 11.4 Å². The van der Waals surface area contributed by atoms with Gasteiger partial charge in [-0.25, -0.2) is 0 Å². The van der Waals surface area contributed by atoms with Crippen LogP contribution in [0.15, 0.2) is 24.3 Å². The number of hydrogen-bond donors (Lipinski definition) is 2. The van der Waals surface area contributed by atoms with Gasteiger partial charge >= 0.3 is 5.97 Å². The van der Waals surface area contributed by atoms with E-state index in [2.05, 4.69) is 19.1 Å². The summed E-state index contributed by atoms with van der Waals surface area (Å²) in [7, 11) is 0. The first kappa shape index (κ1) is 14.1. The van der Waals surface area contributed by atoms with E-state index in [1.807, 2.05) is 19.1 Å². The quantitative estimate of drug-likeness (QED) is 0.875. The standard InChI is InChI=1S/C16H23NO2/c1-3-14(17)16(10-15(18)19)9-8-11(2)12-6-4-5-7-13(12)16/h4-7,11,14H,3,8-10,17H2,1-2H3,(H,18,19). The van der Waals surface area contributed by atoms with Crippen LogP contribution in [0.5, 0.6) is 0 Å². The van der Waals surface area contributed by atoms with Gasteiger partial charge in [-0.15, -0.1) is 0 Å². The minimum Gasteiger partial charge on any atom is -0.481 e. The molecule has 0 heterocycles. The van der Waals surface area contributed by atoms with Crippen LogP contribution >= 0.6 is 0 Å². The maximum atomic E-state index is 11.3. The zero-order valence-corrected chi connectivity index (χ0v) is 11.7. The Morgan fingerprint density at radius 3 is 2.84 bits per heavy atom. The van der Waals surface area contributed by atoms with Crippen molar-refractivity contribution >= 4 is 5.97 Å². The average molecular weight is 261 g/mol. The second-order valence-electron chi connectivity index (χ2n) is 5.77. The molecule has 1 aromatic carbocycles. The van der Waals surface area contributed by atoms with Crippen molar-refractivity contribution in [3.05, 3.63) is 35.4 Å². The van der Waals surface area contributed by atoms with E-state index in [1.165, 1.54) is 5.56 Å². The second kappa shape index (κ2) is 5.33. The molecule has 3 nitrogen and oxygen atoms in total. The molecule has 3 N–H and O–H groups in total. The van der Waals surface area contributed by atoms with Crippen molar-refractivity contribution in [1.29, 1.82) is 0 Å². The summed E-state index contributed by atoms with van der Waals surface area (Å²) < 4.78 is 0. The molecule has 2 rings (SSSR count). The molecule has 0 saturated carbocycles. The van der Waals surface area contributed by atoms with Crippen molar-refractivity contribution in [2.24, 2.45) is 5.73 Å². The molecule has 0 fully saturated rings. The molecular weight excluding hydrogens is 238 g/mol. The summed E-state index contributed by atoms with van der Waals surface area (Å²) in [6.07, 6.45) is 2.81. The second-order valence-corrected chi connectivity index (χ2v) is 5.77. The molecule has 0 radical (unpaired) electrons. The number of rotatable bonds is 4. The highest BCUT2D eigenvalue weighted by Crippen LogP contribution is 2.46. The van der Waals surface area contributed by atoms with Crippen LogP contribution in [-0.4, -0.2) is 17.1 Å². The molecule has 0 saturated heterocycles. The maximum Gasteiger partial charge on any atom is 0.304 e. The van der Waals surface area contributed by atoms with Gasteiger partial charge < -0.3 is 10.8 Å². The Balaban J connectivity index is 2.55. The van der Waals surface area contributed by atoms with Crippen LogP contribution in [0.1, 0.15) is 56.6 Å². The number of fused-ring (bicyclic) bond motifs is 1. The highest BCUT2D eigenvalue weighted by atomic mass is 16.4. The highest BCUT2D eigenvalue weighted by molar-refractivity contribution is 5.70. The van der Waals surface area contributed by atoms with Gasteiger partial charge in [0.2, 0.25) is 0 Å². The summed E-state index contributed by atoms with van der Waals surface area (Å²) in [4.78, 5) is 11.3. The van der Waals surface area contributed by atoms with E-state index >= 15 is 0 Å². The average Bonchev–Trinajstić information content (AvgIpc) is 2.41. The first-order chi connectivity index (χ1) is 9.01. The van der Waals surface area contributed by atoms with Crippen molar-refractivity contribution in [2.75, 3.05) is 0 Å². The van der Waals surface area contributed by atoms with E-state index in [4.69, 9.17) is 5.73 Å². The molecule has 3 atom stereocenters. The van der Waals surface area contributed by atoms with Crippen molar-refractivity contribution in [3.8, 4) is 0 Å². The Morgan fingerprint density at radius 1 is 1.53 bits per heavy atom. The lowest BCUT2D eigenvalue weighted by Crippen LogP contribution is -2.49. The summed E-state index contributed by atoms with van der Waals surface area (Å²) in [5, 5.41) is 9.31. The zero-order valence-electron chi connectivity index (χ0n) is 11.7. The van der Waals surface area contributed by atoms with Crippen LogP contribution in [0.3, 0.4) is 0 Å². The number of carboxylic acids is 1. The molecule has 19 heavy (non-hydrogen) atoms. The van der Waals surface area contributed by atoms with Gasteiger partial charge in [0.25, 0.3) is 0 Å². The fraction of sp³-hybridized carbons (Fsp3) is 0.562. The van der Waals surface area contributed by atoms with Crippen LogP contribution < -0.4 is 5.73 Å². The van der Waals surface area contributed by atoms with Gasteiger partial charge in [0.1, 0.15) is 0 Å². The Labute approximate surface area is 114 Å². The van der Waals surface area contributed by atoms with Gasteiger partial charge in [-0.1, -0.05) is 38.1 Å². The predicted molar refractivity (Wildman–Crippen MR) is 76.3 cm³/mol. The third-order valence-electron chi connectivity index (χ3n) is 4.67. The Morgan fingerprint density at radius 2 is 2.21 bits per heavy atom. The molecule has 3 heteroatoms. The number of carbonyl (C=O) groups is 1. The first-order valence-corrected chi connectivity index (χ1v) is 7.08. The molecule has 3 unspecified atom stereocenters. The SMILES string of the molecule is CCC(N)C1(CC(=O)O)CCC(C)c2ccccc21. The summed E-state index contributed by atoms with van der Waals surface area (Å²) in [5.74, 6) is -0.268. The molecule has 104 valence electrons. The maximum absolute atomic E-state index is 11.3. The van der Waals surface area contributed by atoms with E-state index in [0.717, 1.165) is 24.8 Å². The van der Waals surface area contributed by atoms with Crippen LogP contribution in [0.4, 0.5) is 0 Å². The Hall–Kier alpha value is -1.35. The number of benzene rings is 1. The predicted octanol–water partition coefficient (Wildman–Crippen LogP) is 3.03. The fourth-order valence-corrected chi connectivity index (χ4v) is 3.50. The third kappa shape index (κ3) is 2.39. The molecule has 0 spiro atoms. The fourth-order valence-electron chi connectivity index (χ4n) is 3.50. The van der Waals surface area contributed by atoms with E-state index in [9.17, 15) is 9.90 Å². The smallest absolute Gasteiger partial charge is 0.304 e. The van der Waals surface area contributed by atoms with Crippen molar-refractivity contribution in [3.63, 3.8) is 0 Å². The molecule has 0 aromatic heterocycles. The third-order valence-corrected chi connectivity index (χ3v) is 4.67. The normalized spacial score (nSPS) is 27.6. The van der Waals surface area contributed by atoms with Crippen LogP contribution in [0, 0.1) is 0 Å². The number of hydrogen-bond acceptors (Lipinski definition) is 2. The van der Waals surface area contributed by atoms with Gasteiger partial charge in [-0.05, 0) is 36.3 Å². The molecule has 0 aliphatic heterocycles. The van der Waals surface area contributed by atoms with E-state index in [-0.39, 0.29) is 12.5 Å². The van der Waals surface area contributed by atoms with Crippen LogP contribution in [0.25, 0.3) is 0 Å². The van der Waals surface area contributed by atoms with Gasteiger partial charge in [-0.2, -0.15) is 0 Å². The van der Waals surface area contributed by atoms with E-state index in [0.29, 0.717) is 5.92 Å². The first-order valence-electron chi connectivity index (χ1n) is 7.08. The van der Waals surface area contributed by atoms with Crippen molar-refractivity contribution in [1.82, 2.24) is 0 Å². The topological polar surface area (TPSA) is 63.3 Å². The van der Waals surface area contributed by atoms with E-state index in [1.54, 1.807) is 0 Å². The highest BCUT2D eigenvalue weighted by Gasteiger charge is 2.44. The Bertz CT molecular complexity index is 472. The summed E-state index contributed by atoms with van der Waals surface area (Å²) in [6.45, 7) is 4.25. The molecule has 1 aliphatic rings. The minimum absolute atomic E-state index is 0.0998. The van der Waals surface area contributed by atoms with Crippen molar-refractivity contribution in [2.45, 2.75) is 56.9 Å². The van der Waals surface area contributed by atoms with Crippen LogP contribution in [0.2, 0.25) is 0 Å². The summed E-state index contributed by atoms with van der Waals surface area (Å²) >= 11 is 0. The molecule has 1 aromatic rings. The summed E-state index contributed by atoms with van der Waals surface area (Å²) in [6, 6.07) is 8.12. The molecule has 1 aliphatic carbocycles. The monoisotopic (exact) mass is 261 g/mol. The van der Waals surface area contributed by atoms with Gasteiger partial charge in [0, 0.05) is 11.5 Å². The van der Waals surface area contributed by atoms with Gasteiger partial charge in [-0.3, -0.25) is 4.79 Å². The molecule has 0 bridgehead atoms. The lowest BCUT2D eigenvalue weighted by atomic mass is 9.61. The minimum atomic E-state index is -0.756. The largest absolute Gasteiger partial charge is 0.481 e. The number of aliphatic carboxylic acids is 1. The Kier molecular flexibility index (Phi) is 3.95. The summed E-state index contributed by atoms with van der Waals surface area (Å²) in [5.41, 5.74) is 8.36. The van der Waals surface area contributed by atoms with Crippen LogP contribution in [-0.2, 0) is 10.2 Å². The number of nitrogens with two attached hydrogens (primary N) is 1. The zero-order chi connectivity index (χ0) is 14.0. The van der Waals surface area contributed by atoms with Crippen molar-refractivity contribution < 1.29 is 9.90 Å². The molecule has 0 amide bonds. The number of carboxylic acid groups (broad SMARTS) is 1. The van der Waals surface area contributed by atoms with Gasteiger partial charge in [0.05, 0.1) is 6.42 Å².